The Morgan fingerprint density at radius 2 is 2.29 bits per heavy atom. The van der Waals surface area contributed by atoms with Gasteiger partial charge in [-0.15, -0.1) is 0 Å². The molecule has 0 bridgehead atoms. The van der Waals surface area contributed by atoms with Crippen LogP contribution in [0, 0.1) is 0 Å². The minimum Gasteiger partial charge on any atom is -0.480 e. The Bertz CT molecular complexity index is 900. The van der Waals surface area contributed by atoms with Crippen molar-refractivity contribution < 1.29 is 9.90 Å². The van der Waals surface area contributed by atoms with Crippen LogP contribution in [0.3, 0.4) is 0 Å². The van der Waals surface area contributed by atoms with Gasteiger partial charge in [0, 0.05) is 26.0 Å². The molecule has 9 nitrogen and oxygen atoms in total. The van der Waals surface area contributed by atoms with Crippen molar-refractivity contribution in [1.82, 2.24) is 23.9 Å². The highest BCUT2D eigenvalue weighted by Gasteiger charge is 2.32. The maximum Gasteiger partial charge on any atom is 0.326 e. The van der Waals surface area contributed by atoms with Crippen LogP contribution in [0.2, 0.25) is 0 Å². The Balaban J connectivity index is 1.76. The largest absolute Gasteiger partial charge is 0.480 e. The summed E-state index contributed by atoms with van der Waals surface area (Å²) >= 11 is 0. The number of anilines is 3. The summed E-state index contributed by atoms with van der Waals surface area (Å²) in [4.78, 5) is 26.5. The zero-order valence-electron chi connectivity index (χ0n) is 13.1. The Labute approximate surface area is 137 Å². The Morgan fingerprint density at radius 1 is 1.42 bits per heavy atom. The first-order chi connectivity index (χ1) is 11.6. The maximum absolute atomic E-state index is 11.4. The van der Waals surface area contributed by atoms with Gasteiger partial charge >= 0.3 is 5.97 Å². The van der Waals surface area contributed by atoms with E-state index in [0.717, 1.165) is 6.42 Å². The molecule has 0 aliphatic carbocycles. The molecule has 0 saturated carbocycles. The maximum atomic E-state index is 11.4. The van der Waals surface area contributed by atoms with Crippen LogP contribution < -0.4 is 10.2 Å². The summed E-state index contributed by atoms with van der Waals surface area (Å²) < 4.78 is 3.64. The number of hydrogen-bond donors (Lipinski definition) is 2. The van der Waals surface area contributed by atoms with Crippen molar-refractivity contribution in [3.63, 3.8) is 0 Å². The molecule has 4 rings (SSSR count). The number of nitrogens with one attached hydrogen (secondary N) is 1. The number of nitrogens with zero attached hydrogens (tertiary/aromatic N) is 6. The third-order valence-corrected chi connectivity index (χ3v) is 4.12. The highest BCUT2D eigenvalue weighted by atomic mass is 16.4. The first-order valence-corrected chi connectivity index (χ1v) is 7.71. The van der Waals surface area contributed by atoms with Crippen LogP contribution >= 0.6 is 0 Å². The fourth-order valence-corrected chi connectivity index (χ4v) is 2.99. The molecule has 0 amide bonds. The lowest BCUT2D eigenvalue weighted by molar-refractivity contribution is -0.138. The summed E-state index contributed by atoms with van der Waals surface area (Å²) in [7, 11) is 1.89. The molecule has 2 N–H and O–H groups in total. The molecule has 0 radical (unpaired) electrons. The number of fused-ring (bicyclic) bond motifs is 1. The van der Waals surface area contributed by atoms with Crippen molar-refractivity contribution in [2.24, 2.45) is 7.05 Å². The molecule has 4 heterocycles. The molecule has 1 aliphatic rings. The third-order valence-electron chi connectivity index (χ3n) is 4.12. The Kier molecular flexibility index (Phi) is 3.33. The van der Waals surface area contributed by atoms with Gasteiger partial charge in [-0.05, 0) is 25.0 Å². The van der Waals surface area contributed by atoms with Gasteiger partial charge in [0.25, 0.3) is 0 Å². The summed E-state index contributed by atoms with van der Waals surface area (Å²) in [5, 5.41) is 12.6. The first kappa shape index (κ1) is 14.5. The van der Waals surface area contributed by atoms with Gasteiger partial charge < -0.3 is 19.9 Å². The number of aryl methyl sites for hydroxylation is 1. The van der Waals surface area contributed by atoms with Gasteiger partial charge in [0.2, 0.25) is 11.9 Å². The molecule has 0 spiro atoms. The molecule has 1 saturated heterocycles. The normalized spacial score (nSPS) is 17.5. The summed E-state index contributed by atoms with van der Waals surface area (Å²) in [6.45, 7) is 0.636. The van der Waals surface area contributed by atoms with Gasteiger partial charge in [0.15, 0.2) is 5.82 Å². The van der Waals surface area contributed by atoms with Crippen molar-refractivity contribution in [3.8, 4) is 0 Å². The molecule has 1 atom stereocenters. The summed E-state index contributed by atoms with van der Waals surface area (Å²) in [5.74, 6) is 0.790. The first-order valence-electron chi connectivity index (χ1n) is 7.71. The van der Waals surface area contributed by atoms with Gasteiger partial charge in [0.1, 0.15) is 11.7 Å². The van der Waals surface area contributed by atoms with Gasteiger partial charge in [-0.2, -0.15) is 9.97 Å². The van der Waals surface area contributed by atoms with Crippen molar-refractivity contribution in [1.29, 1.82) is 0 Å². The van der Waals surface area contributed by atoms with Crippen molar-refractivity contribution in [2.45, 2.75) is 18.9 Å². The molecule has 0 aromatic carbocycles. The second-order valence-corrected chi connectivity index (χ2v) is 5.82. The van der Waals surface area contributed by atoms with E-state index in [0.29, 0.717) is 36.3 Å². The highest BCUT2D eigenvalue weighted by Crippen LogP contribution is 2.25. The number of carboxylic acids is 1. The molecular weight excluding hydrogens is 310 g/mol. The minimum atomic E-state index is -0.842. The monoisotopic (exact) mass is 327 g/mol. The number of carbonyl (C=O) groups is 1. The molecule has 1 aliphatic heterocycles. The fraction of sp³-hybridized carbons (Fsp3) is 0.333. The van der Waals surface area contributed by atoms with Gasteiger partial charge in [-0.1, -0.05) is 0 Å². The lowest BCUT2D eigenvalue weighted by Gasteiger charge is -2.22. The van der Waals surface area contributed by atoms with Crippen LogP contribution in [-0.2, 0) is 11.8 Å². The number of hydrogen-bond acceptors (Lipinski definition) is 6. The smallest absolute Gasteiger partial charge is 0.326 e. The van der Waals surface area contributed by atoms with E-state index in [2.05, 4.69) is 20.3 Å². The van der Waals surface area contributed by atoms with E-state index in [9.17, 15) is 9.90 Å². The molecule has 0 unspecified atom stereocenters. The SMILES string of the molecule is Cn1cnc(Nc2nc(N3CCC[C@H]3C(=O)O)nc3cccn23)c1. The Hall–Kier alpha value is -3.10. The second kappa shape index (κ2) is 5.52. The van der Waals surface area contributed by atoms with Crippen LogP contribution in [0.1, 0.15) is 12.8 Å². The van der Waals surface area contributed by atoms with Crippen molar-refractivity contribution >= 4 is 29.3 Å². The predicted molar refractivity (Wildman–Crippen MR) is 87.5 cm³/mol. The van der Waals surface area contributed by atoms with Crippen LogP contribution in [0.25, 0.3) is 5.65 Å². The van der Waals surface area contributed by atoms with E-state index >= 15 is 0 Å². The number of rotatable bonds is 4. The molecule has 24 heavy (non-hydrogen) atoms. The van der Waals surface area contributed by atoms with E-state index < -0.39 is 12.0 Å². The lowest BCUT2D eigenvalue weighted by atomic mass is 10.2. The summed E-state index contributed by atoms with van der Waals surface area (Å²) in [6.07, 6.45) is 6.80. The number of aromatic nitrogens is 5. The van der Waals surface area contributed by atoms with Crippen LogP contribution in [0.4, 0.5) is 17.7 Å². The molecule has 3 aromatic heterocycles. The summed E-state index contributed by atoms with van der Waals surface area (Å²) in [6, 6.07) is 3.15. The topological polar surface area (TPSA) is 101 Å². The lowest BCUT2D eigenvalue weighted by Crippen LogP contribution is -2.37. The van der Waals surface area contributed by atoms with Gasteiger partial charge in [-0.3, -0.25) is 4.40 Å². The number of carboxylic acid groups (broad SMARTS) is 1. The quantitative estimate of drug-likeness (QED) is 0.744. The average Bonchev–Trinajstić information content (AvgIpc) is 3.26. The van der Waals surface area contributed by atoms with Gasteiger partial charge in [0.05, 0.1) is 6.33 Å². The van der Waals surface area contributed by atoms with E-state index in [4.69, 9.17) is 0 Å². The average molecular weight is 327 g/mol. The van der Waals surface area contributed by atoms with Gasteiger partial charge in [-0.25, -0.2) is 9.78 Å². The molecule has 124 valence electrons. The highest BCUT2D eigenvalue weighted by molar-refractivity contribution is 5.78. The number of aliphatic carboxylic acids is 1. The zero-order valence-corrected chi connectivity index (χ0v) is 13.1. The van der Waals surface area contributed by atoms with Crippen LogP contribution in [0.5, 0.6) is 0 Å². The molecule has 9 heteroatoms. The predicted octanol–water partition coefficient (Wildman–Crippen LogP) is 1.26. The van der Waals surface area contributed by atoms with E-state index in [1.54, 1.807) is 11.2 Å². The fourth-order valence-electron chi connectivity index (χ4n) is 2.99. The second-order valence-electron chi connectivity index (χ2n) is 5.82. The van der Waals surface area contributed by atoms with Crippen LogP contribution in [0.15, 0.2) is 30.9 Å². The van der Waals surface area contributed by atoms with Crippen molar-refractivity contribution in [2.75, 3.05) is 16.8 Å². The van der Waals surface area contributed by atoms with Crippen molar-refractivity contribution in [3.05, 3.63) is 30.9 Å². The standard InChI is InChI=1S/C15H17N7O2/c1-20-8-11(16-9-20)17-14-19-15(18-12-5-3-7-22(12)14)21-6-2-4-10(21)13(23)24/h3,5,7-10H,2,4,6H2,1H3,(H,23,24)(H,17,18,19)/t10-/m0/s1. The third kappa shape index (κ3) is 2.43. The van der Waals surface area contributed by atoms with Crippen LogP contribution in [-0.4, -0.2) is 47.6 Å². The van der Waals surface area contributed by atoms with E-state index in [1.807, 2.05) is 40.5 Å². The number of imidazole rings is 1. The molecule has 3 aromatic rings. The summed E-state index contributed by atoms with van der Waals surface area (Å²) in [5.41, 5.74) is 0.703. The molecular formula is C15H17N7O2. The zero-order chi connectivity index (χ0) is 16.7. The Morgan fingerprint density at radius 3 is 3.04 bits per heavy atom. The van der Waals surface area contributed by atoms with E-state index in [1.165, 1.54) is 0 Å². The van der Waals surface area contributed by atoms with E-state index in [-0.39, 0.29) is 0 Å². The molecule has 1 fully saturated rings. The minimum absolute atomic E-state index is 0.421.